The van der Waals surface area contributed by atoms with E-state index in [9.17, 15) is 0 Å². The van der Waals surface area contributed by atoms with Crippen molar-refractivity contribution in [3.05, 3.63) is 229 Å². The van der Waals surface area contributed by atoms with Crippen LogP contribution in [0.1, 0.15) is 22.3 Å². The minimum absolute atomic E-state index is 0.735. The minimum atomic E-state index is 0.735. The van der Waals surface area contributed by atoms with Crippen LogP contribution in [0.2, 0.25) is 0 Å². The van der Waals surface area contributed by atoms with Crippen molar-refractivity contribution in [3.8, 4) is 0 Å². The first-order chi connectivity index (χ1) is 32.7. The zero-order chi connectivity index (χ0) is 43.6. The summed E-state index contributed by atoms with van der Waals surface area (Å²) in [5.41, 5.74) is 13.3. The molecule has 0 spiro atoms. The highest BCUT2D eigenvalue weighted by Gasteiger charge is 2.24. The minimum Gasteiger partial charge on any atom is -0.454 e. The molecular formula is C60H42N4O2. The number of aromatic nitrogens is 2. The fourth-order valence-electron chi connectivity index (χ4n) is 10.1. The molecule has 13 rings (SSSR count). The Morgan fingerprint density at radius 2 is 0.621 bits per heavy atom. The number of anilines is 2. The highest BCUT2D eigenvalue weighted by molar-refractivity contribution is 6.33. The Kier molecular flexibility index (Phi) is 9.01. The Morgan fingerprint density at radius 1 is 0.303 bits per heavy atom. The molecule has 0 saturated heterocycles. The van der Waals surface area contributed by atoms with Crippen molar-refractivity contribution in [2.75, 3.05) is 9.80 Å². The Hall–Kier alpha value is -8.48. The van der Waals surface area contributed by atoms with E-state index in [0.29, 0.717) is 0 Å². The van der Waals surface area contributed by atoms with Crippen LogP contribution in [-0.4, -0.2) is 9.97 Å². The third-order valence-electron chi connectivity index (χ3n) is 13.2. The normalized spacial score (nSPS) is 11.9. The van der Waals surface area contributed by atoms with Gasteiger partial charge in [0.05, 0.1) is 0 Å². The maximum absolute atomic E-state index is 7.02. The molecule has 0 amide bonds. The molecule has 0 bridgehead atoms. The summed E-state index contributed by atoms with van der Waals surface area (Å²) in [6.07, 6.45) is 0. The van der Waals surface area contributed by atoms with Gasteiger partial charge in [-0.3, -0.25) is 0 Å². The maximum atomic E-state index is 7.02. The maximum Gasteiger partial charge on any atom is 0.163 e. The molecule has 0 fully saturated rings. The SMILES string of the molecule is c1ccc(CN(Cc2ccccc2)c2ccc3c(c2)oc2c4nc5c6ccccc6c6c7ccc(N(Cc8ccccc8)Cc8ccccc8)cc7oc6c5nc4c4ccccc4c32)cc1. The molecule has 6 nitrogen and oxygen atoms in total. The largest absolute Gasteiger partial charge is 0.454 e. The average Bonchev–Trinajstić information content (AvgIpc) is 3.96. The molecule has 0 atom stereocenters. The quantitative estimate of drug-likeness (QED) is 0.101. The molecule has 0 saturated carbocycles. The molecule has 10 aromatic carbocycles. The first kappa shape index (κ1) is 38.0. The molecule has 0 unspecified atom stereocenters. The monoisotopic (exact) mass is 850 g/mol. The lowest BCUT2D eigenvalue weighted by Gasteiger charge is -2.25. The first-order valence-corrected chi connectivity index (χ1v) is 22.6. The van der Waals surface area contributed by atoms with Crippen molar-refractivity contribution >= 4 is 98.9 Å². The van der Waals surface area contributed by atoms with Crippen LogP contribution in [0.3, 0.4) is 0 Å². The highest BCUT2D eigenvalue weighted by Crippen LogP contribution is 2.45. The van der Waals surface area contributed by atoms with Crippen LogP contribution in [0, 0.1) is 0 Å². The van der Waals surface area contributed by atoms with Crippen LogP contribution in [0.4, 0.5) is 11.4 Å². The van der Waals surface area contributed by atoms with E-state index in [1.165, 1.54) is 22.3 Å². The van der Waals surface area contributed by atoms with Crippen molar-refractivity contribution in [1.82, 2.24) is 9.97 Å². The zero-order valence-corrected chi connectivity index (χ0v) is 36.1. The summed E-state index contributed by atoms with van der Waals surface area (Å²) in [5, 5.41) is 8.39. The van der Waals surface area contributed by atoms with E-state index in [2.05, 4.69) is 216 Å². The fraction of sp³-hybridized carbons (Fsp3) is 0.0667. The second-order valence-electron chi connectivity index (χ2n) is 17.3. The summed E-state index contributed by atoms with van der Waals surface area (Å²) in [6, 6.07) is 72.9. The number of hydrogen-bond donors (Lipinski definition) is 0. The molecule has 6 heteroatoms. The van der Waals surface area contributed by atoms with Gasteiger partial charge in [0.2, 0.25) is 0 Å². The van der Waals surface area contributed by atoms with Gasteiger partial charge in [-0.2, -0.15) is 0 Å². The lowest BCUT2D eigenvalue weighted by Crippen LogP contribution is -2.22. The predicted octanol–water partition coefficient (Wildman–Crippen LogP) is 15.3. The van der Waals surface area contributed by atoms with Crippen LogP contribution >= 0.6 is 0 Å². The number of benzene rings is 10. The van der Waals surface area contributed by atoms with Crippen molar-refractivity contribution < 1.29 is 8.83 Å². The number of hydrogen-bond acceptors (Lipinski definition) is 6. The van der Waals surface area contributed by atoms with E-state index < -0.39 is 0 Å². The second kappa shape index (κ2) is 15.6. The van der Waals surface area contributed by atoms with Crippen LogP contribution in [0.15, 0.2) is 215 Å². The van der Waals surface area contributed by atoms with Gasteiger partial charge in [-0.15, -0.1) is 0 Å². The Bertz CT molecular complexity index is 3600. The third-order valence-corrected chi connectivity index (χ3v) is 13.2. The molecule has 0 radical (unpaired) electrons. The lowest BCUT2D eigenvalue weighted by molar-refractivity contribution is 0.669. The van der Waals surface area contributed by atoms with E-state index in [1.807, 2.05) is 0 Å². The van der Waals surface area contributed by atoms with E-state index >= 15 is 0 Å². The Morgan fingerprint density at radius 3 is 0.970 bits per heavy atom. The standard InChI is InChI=1S/C60H42N4O2/c1-5-17-39(18-6-1)35-63(36-40-19-7-2-8-20-40)43-29-31-49-51(33-43)65-59-53(49)45-25-13-15-27-47(45)55-57(59)61-56-48-28-16-14-26-46(48)54-50-32-30-44(34-52(50)66-60(54)58(56)62-55)64(37-41-21-9-3-10-22-41)38-42-23-11-4-12-24-42/h1-34H,35-38H2. The van der Waals surface area contributed by atoms with E-state index in [-0.39, 0.29) is 0 Å². The molecule has 0 N–H and O–H groups in total. The van der Waals surface area contributed by atoms with Crippen LogP contribution in [0.5, 0.6) is 0 Å². The van der Waals surface area contributed by atoms with Gasteiger partial charge in [0.15, 0.2) is 11.2 Å². The summed E-state index contributed by atoms with van der Waals surface area (Å²) in [4.78, 5) is 16.0. The van der Waals surface area contributed by atoms with Gasteiger partial charge in [-0.25, -0.2) is 9.97 Å². The summed E-state index contributed by atoms with van der Waals surface area (Å²) in [6.45, 7) is 3.04. The topological polar surface area (TPSA) is 58.5 Å². The van der Waals surface area contributed by atoms with E-state index in [0.717, 1.165) is 125 Å². The van der Waals surface area contributed by atoms with Gasteiger partial charge < -0.3 is 18.6 Å². The first-order valence-electron chi connectivity index (χ1n) is 22.6. The lowest BCUT2D eigenvalue weighted by atomic mass is 9.99. The number of fused-ring (bicyclic) bond motifs is 16. The highest BCUT2D eigenvalue weighted by atomic mass is 16.3. The predicted molar refractivity (Wildman–Crippen MR) is 272 cm³/mol. The van der Waals surface area contributed by atoms with Gasteiger partial charge >= 0.3 is 0 Å². The summed E-state index contributed by atoms with van der Waals surface area (Å²) in [7, 11) is 0. The van der Waals surface area contributed by atoms with E-state index in [4.69, 9.17) is 18.8 Å². The van der Waals surface area contributed by atoms with Crippen molar-refractivity contribution in [3.63, 3.8) is 0 Å². The van der Waals surface area contributed by atoms with E-state index in [1.54, 1.807) is 0 Å². The van der Waals surface area contributed by atoms with Gasteiger partial charge in [0.25, 0.3) is 0 Å². The molecule has 3 aromatic heterocycles. The Balaban J connectivity index is 1.00. The molecular weight excluding hydrogens is 809 g/mol. The number of rotatable bonds is 10. The van der Waals surface area contributed by atoms with Crippen LogP contribution < -0.4 is 9.80 Å². The number of nitrogens with zero attached hydrogens (tertiary/aromatic N) is 4. The molecule has 13 aromatic rings. The zero-order valence-electron chi connectivity index (χ0n) is 36.1. The Labute approximate surface area is 380 Å². The smallest absolute Gasteiger partial charge is 0.163 e. The molecule has 0 aliphatic carbocycles. The van der Waals surface area contributed by atoms with Crippen LogP contribution in [0.25, 0.3) is 87.5 Å². The summed E-state index contributed by atoms with van der Waals surface area (Å²) < 4.78 is 14.0. The summed E-state index contributed by atoms with van der Waals surface area (Å²) in [5.74, 6) is 0. The molecule has 314 valence electrons. The third kappa shape index (κ3) is 6.49. The van der Waals surface area contributed by atoms with Gasteiger partial charge in [-0.1, -0.05) is 170 Å². The molecule has 66 heavy (non-hydrogen) atoms. The molecule has 0 aliphatic heterocycles. The summed E-state index contributed by atoms with van der Waals surface area (Å²) >= 11 is 0. The second-order valence-corrected chi connectivity index (χ2v) is 17.3. The van der Waals surface area contributed by atoms with Gasteiger partial charge in [0.1, 0.15) is 33.2 Å². The number of furan rings is 2. The van der Waals surface area contributed by atoms with Gasteiger partial charge in [-0.05, 0) is 57.3 Å². The van der Waals surface area contributed by atoms with Crippen molar-refractivity contribution in [2.45, 2.75) is 26.2 Å². The molecule has 3 heterocycles. The molecule has 0 aliphatic rings. The van der Waals surface area contributed by atoms with Crippen LogP contribution in [-0.2, 0) is 26.2 Å². The van der Waals surface area contributed by atoms with Crippen molar-refractivity contribution in [1.29, 1.82) is 0 Å². The fourth-order valence-corrected chi connectivity index (χ4v) is 10.1. The van der Waals surface area contributed by atoms with Gasteiger partial charge in [0, 0.05) is 82.0 Å². The van der Waals surface area contributed by atoms with Crippen molar-refractivity contribution in [2.24, 2.45) is 0 Å². The average molecular weight is 851 g/mol.